The van der Waals surface area contributed by atoms with E-state index in [4.69, 9.17) is 23.0 Å². The molecule has 0 aliphatic rings. The minimum Gasteiger partial charge on any atom is -0.462 e. The van der Waals surface area contributed by atoms with Gasteiger partial charge in [-0.3, -0.25) is 23.2 Å². The molecule has 0 spiro atoms. The lowest BCUT2D eigenvalue weighted by Crippen LogP contribution is -2.29. The van der Waals surface area contributed by atoms with Crippen LogP contribution >= 0.6 is 7.82 Å². The van der Waals surface area contributed by atoms with Crippen LogP contribution in [0.15, 0.2) is 0 Å². The molecule has 0 fully saturated rings. The van der Waals surface area contributed by atoms with Crippen molar-refractivity contribution in [1.82, 2.24) is 0 Å². The maximum atomic E-state index is 12.8. The fourth-order valence-corrected chi connectivity index (χ4v) is 7.71. The third-order valence-corrected chi connectivity index (χ3v) is 11.3. The lowest BCUT2D eigenvalue weighted by Gasteiger charge is -2.21. The standard InChI is InChI=1S/C43H85O8P/c1-5-9-11-13-15-17-19-21-23-25-27-29-31-33-35-37-42(44)47-39-41(40-50-52(46,48-7-3)49-8-4)51-43(45)38-36-34-32-30-28-26-24-22-20-18-16-14-12-10-6-2/h41H,5-40H2,1-4H3. The van der Waals surface area contributed by atoms with Gasteiger partial charge in [-0.15, -0.1) is 0 Å². The second kappa shape index (κ2) is 39.7. The molecule has 0 aliphatic heterocycles. The zero-order valence-electron chi connectivity index (χ0n) is 34.7. The van der Waals surface area contributed by atoms with Crippen LogP contribution in [0.5, 0.6) is 0 Å². The van der Waals surface area contributed by atoms with Crippen molar-refractivity contribution >= 4 is 19.8 Å². The average Bonchev–Trinajstić information content (AvgIpc) is 3.13. The molecule has 1 atom stereocenters. The second-order valence-electron chi connectivity index (χ2n) is 14.8. The first-order chi connectivity index (χ1) is 25.4. The number of carbonyl (C=O) groups is 2. The van der Waals surface area contributed by atoms with E-state index in [1.807, 2.05) is 0 Å². The van der Waals surface area contributed by atoms with Crippen LogP contribution in [0.4, 0.5) is 0 Å². The molecule has 0 rings (SSSR count). The molecule has 0 aliphatic carbocycles. The van der Waals surface area contributed by atoms with E-state index >= 15 is 0 Å². The Morgan fingerprint density at radius 1 is 0.404 bits per heavy atom. The number of ether oxygens (including phenoxy) is 2. The minimum atomic E-state index is -3.80. The van der Waals surface area contributed by atoms with Crippen LogP contribution < -0.4 is 0 Å². The molecule has 310 valence electrons. The number of carbonyl (C=O) groups excluding carboxylic acids is 2. The maximum absolute atomic E-state index is 12.8. The summed E-state index contributed by atoms with van der Waals surface area (Å²) >= 11 is 0. The predicted molar refractivity (Wildman–Crippen MR) is 217 cm³/mol. The first kappa shape index (κ1) is 51.0. The van der Waals surface area contributed by atoms with Crippen molar-refractivity contribution in [3.8, 4) is 0 Å². The largest absolute Gasteiger partial charge is 0.474 e. The highest BCUT2D eigenvalue weighted by atomic mass is 31.2. The molecular weight excluding hydrogens is 675 g/mol. The topological polar surface area (TPSA) is 97.4 Å². The molecule has 0 amide bonds. The first-order valence-electron chi connectivity index (χ1n) is 22.3. The molecule has 0 aromatic rings. The van der Waals surface area contributed by atoms with Crippen LogP contribution in [0, 0.1) is 0 Å². The third kappa shape index (κ3) is 36.0. The number of hydrogen-bond donors (Lipinski definition) is 0. The Balaban J connectivity index is 4.21. The van der Waals surface area contributed by atoms with Gasteiger partial charge < -0.3 is 9.47 Å². The molecule has 0 saturated carbocycles. The monoisotopic (exact) mass is 761 g/mol. The summed E-state index contributed by atoms with van der Waals surface area (Å²) in [6.07, 6.45) is 37.6. The van der Waals surface area contributed by atoms with Gasteiger partial charge in [0.15, 0.2) is 6.10 Å². The average molecular weight is 761 g/mol. The van der Waals surface area contributed by atoms with E-state index in [1.165, 1.54) is 154 Å². The van der Waals surface area contributed by atoms with E-state index < -0.39 is 13.9 Å². The normalized spacial score (nSPS) is 12.3. The Labute approximate surface area is 322 Å². The fourth-order valence-electron chi connectivity index (χ4n) is 6.50. The number of unbranched alkanes of at least 4 members (excludes halogenated alkanes) is 28. The highest BCUT2D eigenvalue weighted by Gasteiger charge is 2.29. The molecule has 0 heterocycles. The Morgan fingerprint density at radius 2 is 0.712 bits per heavy atom. The van der Waals surface area contributed by atoms with Crippen LogP contribution in [0.3, 0.4) is 0 Å². The van der Waals surface area contributed by atoms with Gasteiger partial charge in [-0.25, -0.2) is 4.57 Å². The Bertz CT molecular complexity index is 813. The second-order valence-corrected chi connectivity index (χ2v) is 16.4. The van der Waals surface area contributed by atoms with Gasteiger partial charge in [0.2, 0.25) is 0 Å². The van der Waals surface area contributed by atoms with Gasteiger partial charge in [0.05, 0.1) is 19.8 Å². The van der Waals surface area contributed by atoms with Crippen LogP contribution in [-0.4, -0.2) is 44.5 Å². The number of esters is 2. The van der Waals surface area contributed by atoms with E-state index in [2.05, 4.69) is 13.8 Å². The number of phosphoric acid groups is 1. The Hall–Kier alpha value is -0.950. The smallest absolute Gasteiger partial charge is 0.462 e. The SMILES string of the molecule is CCCCCCCCCCCCCCCCCC(=O)OCC(COP(=O)(OCC)OCC)OC(=O)CCCCCCCCCCCCCCCCC. The molecule has 0 saturated heterocycles. The van der Waals surface area contributed by atoms with E-state index in [0.29, 0.717) is 6.42 Å². The lowest BCUT2D eigenvalue weighted by atomic mass is 10.0. The highest BCUT2D eigenvalue weighted by molar-refractivity contribution is 7.48. The first-order valence-corrected chi connectivity index (χ1v) is 23.7. The molecule has 0 radical (unpaired) electrons. The Morgan fingerprint density at radius 3 is 1.04 bits per heavy atom. The molecular formula is C43H85O8P. The summed E-state index contributed by atoms with van der Waals surface area (Å²) in [4.78, 5) is 25.2. The van der Waals surface area contributed by atoms with E-state index in [1.54, 1.807) is 13.8 Å². The van der Waals surface area contributed by atoms with Gasteiger partial charge >= 0.3 is 19.8 Å². The number of phosphoric ester groups is 1. The van der Waals surface area contributed by atoms with Crippen molar-refractivity contribution in [1.29, 1.82) is 0 Å². The summed E-state index contributed by atoms with van der Waals surface area (Å²) in [5.74, 6) is -0.694. The highest BCUT2D eigenvalue weighted by Crippen LogP contribution is 2.49. The van der Waals surface area contributed by atoms with Gasteiger partial charge in [-0.05, 0) is 26.7 Å². The molecule has 0 N–H and O–H groups in total. The molecule has 9 heteroatoms. The fraction of sp³-hybridized carbons (Fsp3) is 0.953. The molecule has 0 bridgehead atoms. The van der Waals surface area contributed by atoms with Crippen LogP contribution in [0.25, 0.3) is 0 Å². The zero-order chi connectivity index (χ0) is 38.2. The van der Waals surface area contributed by atoms with Gasteiger partial charge in [0.25, 0.3) is 0 Å². The van der Waals surface area contributed by atoms with Crippen LogP contribution in [0.1, 0.15) is 233 Å². The van der Waals surface area contributed by atoms with Crippen LogP contribution in [-0.2, 0) is 37.2 Å². The van der Waals surface area contributed by atoms with E-state index in [-0.39, 0.29) is 44.8 Å². The number of rotatable bonds is 42. The molecule has 0 aromatic carbocycles. The maximum Gasteiger partial charge on any atom is 0.474 e. The number of hydrogen-bond acceptors (Lipinski definition) is 8. The summed E-state index contributed by atoms with van der Waals surface area (Å²) < 4.78 is 39.8. The lowest BCUT2D eigenvalue weighted by molar-refractivity contribution is -0.161. The van der Waals surface area contributed by atoms with Crippen molar-refractivity contribution in [3.05, 3.63) is 0 Å². The van der Waals surface area contributed by atoms with Crippen molar-refractivity contribution in [2.24, 2.45) is 0 Å². The van der Waals surface area contributed by atoms with Crippen molar-refractivity contribution in [2.75, 3.05) is 26.4 Å². The Kier molecular flexibility index (Phi) is 39.0. The molecule has 8 nitrogen and oxygen atoms in total. The summed E-state index contributed by atoms with van der Waals surface area (Å²) in [7, 11) is -3.80. The van der Waals surface area contributed by atoms with E-state index in [9.17, 15) is 14.2 Å². The molecule has 0 aromatic heterocycles. The summed E-state index contributed by atoms with van der Waals surface area (Å²) in [5.41, 5.74) is 0. The molecule has 1 unspecified atom stereocenters. The summed E-state index contributed by atoms with van der Waals surface area (Å²) in [5, 5.41) is 0. The van der Waals surface area contributed by atoms with Gasteiger partial charge in [-0.2, -0.15) is 0 Å². The van der Waals surface area contributed by atoms with E-state index in [0.717, 1.165) is 38.5 Å². The summed E-state index contributed by atoms with van der Waals surface area (Å²) in [6, 6.07) is 0. The van der Waals surface area contributed by atoms with Gasteiger partial charge in [0.1, 0.15) is 6.61 Å². The van der Waals surface area contributed by atoms with Crippen LogP contribution in [0.2, 0.25) is 0 Å². The predicted octanol–water partition coefficient (Wildman–Crippen LogP) is 14.2. The zero-order valence-corrected chi connectivity index (χ0v) is 35.6. The minimum absolute atomic E-state index is 0.148. The van der Waals surface area contributed by atoms with Crippen molar-refractivity contribution in [2.45, 2.75) is 239 Å². The summed E-state index contributed by atoms with van der Waals surface area (Å²) in [6.45, 7) is 7.83. The van der Waals surface area contributed by atoms with Gasteiger partial charge in [-0.1, -0.05) is 194 Å². The van der Waals surface area contributed by atoms with Crippen molar-refractivity contribution < 1.29 is 37.2 Å². The van der Waals surface area contributed by atoms with Crippen molar-refractivity contribution in [3.63, 3.8) is 0 Å². The molecule has 52 heavy (non-hydrogen) atoms. The third-order valence-electron chi connectivity index (χ3n) is 9.69. The quantitative estimate of drug-likeness (QED) is 0.0345. The van der Waals surface area contributed by atoms with Gasteiger partial charge in [0, 0.05) is 12.8 Å².